The summed E-state index contributed by atoms with van der Waals surface area (Å²) < 4.78 is 36.4. The maximum Gasteiger partial charge on any atom is 0.345 e. The van der Waals surface area contributed by atoms with E-state index in [2.05, 4.69) is 41.2 Å². The second-order valence-corrected chi connectivity index (χ2v) is 15.5. The van der Waals surface area contributed by atoms with Crippen LogP contribution in [0.3, 0.4) is 0 Å². The van der Waals surface area contributed by atoms with Gasteiger partial charge >= 0.3 is 6.03 Å². The molecule has 22 nitrogen and oxygen atoms in total. The number of hydrogen-bond acceptors (Lipinski definition) is 18. The number of anilines is 5. The number of aromatic nitrogens is 10. The Morgan fingerprint density at radius 3 is 1.52 bits per heavy atom. The highest BCUT2D eigenvalue weighted by Crippen LogP contribution is 2.31. The number of hydrogen-bond donors (Lipinski definition) is 2. The van der Waals surface area contributed by atoms with E-state index >= 15 is 0 Å². The number of ether oxygens (including phenoxy) is 6. The van der Waals surface area contributed by atoms with Gasteiger partial charge in [-0.15, -0.1) is 10.2 Å². The molecule has 0 aliphatic carbocycles. The van der Waals surface area contributed by atoms with Gasteiger partial charge in [-0.2, -0.15) is 0 Å². The van der Waals surface area contributed by atoms with Gasteiger partial charge < -0.3 is 43.5 Å². The summed E-state index contributed by atoms with van der Waals surface area (Å²) >= 11 is 0. The molecule has 0 saturated carbocycles. The van der Waals surface area contributed by atoms with Crippen molar-refractivity contribution in [1.82, 2.24) is 49.9 Å². The predicted octanol–water partition coefficient (Wildman–Crippen LogP) is 4.38. The van der Waals surface area contributed by atoms with E-state index in [0.29, 0.717) is 121 Å². The molecule has 344 valence electrons. The van der Waals surface area contributed by atoms with Crippen LogP contribution in [0.15, 0.2) is 72.8 Å². The number of morpholine rings is 2. The average Bonchev–Trinajstić information content (AvgIpc) is 3.98. The summed E-state index contributed by atoms with van der Waals surface area (Å²) in [5, 5.41) is 22.2. The minimum Gasteiger partial charge on any atom is -0.378 e. The lowest BCUT2D eigenvalue weighted by atomic mass is 10.1. The van der Waals surface area contributed by atoms with E-state index in [4.69, 9.17) is 48.4 Å². The zero-order valence-electron chi connectivity index (χ0n) is 37.3. The minimum atomic E-state index is -0.560. The summed E-state index contributed by atoms with van der Waals surface area (Å²) in [5.74, 6) is 2.25. The SMILES string of the molecule is COC(Cn1nnc2c(N3CCOCC3)nc(-c3ccc(NN(C(=O)Nc4ccc(C)cc4)c4ccc(-c5nc(N6CCOCC6)c6nnn(CC(OC)OC)c6n5)cc4)cc3)nc21)OC. The normalized spacial score (nSPS) is 14.5. The molecule has 4 aromatic heterocycles. The summed E-state index contributed by atoms with van der Waals surface area (Å²) in [7, 11) is 6.28. The van der Waals surface area contributed by atoms with Crippen molar-refractivity contribution in [1.29, 1.82) is 0 Å². The largest absolute Gasteiger partial charge is 0.378 e. The monoisotopic (exact) mass is 901 g/mol. The number of carbonyl (C=O) groups is 1. The van der Waals surface area contributed by atoms with Crippen molar-refractivity contribution in [2.45, 2.75) is 32.6 Å². The molecular weight excluding hydrogens is 851 g/mol. The maximum atomic E-state index is 14.2. The van der Waals surface area contributed by atoms with Gasteiger partial charge in [-0.05, 0) is 67.6 Å². The number of nitrogens with zero attached hydrogens (tertiary/aromatic N) is 13. The number of amides is 2. The van der Waals surface area contributed by atoms with Crippen molar-refractivity contribution in [3.8, 4) is 22.8 Å². The smallest absolute Gasteiger partial charge is 0.345 e. The minimum absolute atomic E-state index is 0.268. The van der Waals surface area contributed by atoms with E-state index in [1.165, 1.54) is 5.01 Å². The lowest BCUT2D eigenvalue weighted by Crippen LogP contribution is -2.39. The zero-order chi connectivity index (χ0) is 45.6. The molecule has 2 fully saturated rings. The summed E-state index contributed by atoms with van der Waals surface area (Å²) in [6, 6.07) is 22.1. The topological polar surface area (TPSA) is 219 Å². The summed E-state index contributed by atoms with van der Waals surface area (Å²) in [5.41, 5.74) is 9.86. The number of aryl methyl sites for hydroxylation is 1. The van der Waals surface area contributed by atoms with Crippen LogP contribution in [-0.4, -0.2) is 150 Å². The van der Waals surface area contributed by atoms with Crippen LogP contribution >= 0.6 is 0 Å². The fourth-order valence-corrected chi connectivity index (χ4v) is 7.58. The number of urea groups is 1. The van der Waals surface area contributed by atoms with E-state index in [-0.39, 0.29) is 13.1 Å². The molecule has 0 spiro atoms. The van der Waals surface area contributed by atoms with Gasteiger partial charge in [0.1, 0.15) is 0 Å². The number of benzene rings is 3. The highest BCUT2D eigenvalue weighted by molar-refractivity contribution is 6.03. The molecule has 2 amide bonds. The van der Waals surface area contributed by atoms with Gasteiger partial charge in [0.05, 0.1) is 50.9 Å². The Labute approximate surface area is 379 Å². The van der Waals surface area contributed by atoms with Gasteiger partial charge in [0.15, 0.2) is 58.2 Å². The lowest BCUT2D eigenvalue weighted by molar-refractivity contribution is -0.112. The van der Waals surface area contributed by atoms with Crippen LogP contribution in [0.2, 0.25) is 0 Å². The molecule has 3 aromatic carbocycles. The molecule has 66 heavy (non-hydrogen) atoms. The molecule has 7 aromatic rings. The fourth-order valence-electron chi connectivity index (χ4n) is 7.58. The van der Waals surface area contributed by atoms with E-state index in [9.17, 15) is 4.79 Å². The first-order valence-corrected chi connectivity index (χ1v) is 21.5. The van der Waals surface area contributed by atoms with E-state index < -0.39 is 18.6 Å². The first-order chi connectivity index (χ1) is 32.3. The van der Waals surface area contributed by atoms with E-state index in [1.54, 1.807) is 37.8 Å². The van der Waals surface area contributed by atoms with Crippen LogP contribution in [-0.2, 0) is 41.5 Å². The number of fused-ring (bicyclic) bond motifs is 2. The van der Waals surface area contributed by atoms with Crippen molar-refractivity contribution < 1.29 is 33.2 Å². The number of nitrogens with one attached hydrogen (secondary N) is 2. The molecule has 22 heteroatoms. The molecule has 2 aliphatic heterocycles. The Morgan fingerprint density at radius 1 is 0.621 bits per heavy atom. The summed E-state index contributed by atoms with van der Waals surface area (Å²) in [6.07, 6.45) is -1.11. The Kier molecular flexibility index (Phi) is 13.5. The molecule has 2 aliphatic rings. The summed E-state index contributed by atoms with van der Waals surface area (Å²) in [6.45, 7) is 7.35. The molecule has 0 unspecified atom stereocenters. The third kappa shape index (κ3) is 9.54. The standard InChI is InChI=1S/C44H51N15O7/c1-28-6-12-31(13-7-28)45-44(60)59(33-16-10-30(11-17-33)39-47-41(56-20-24-66-25-21-56)37-43(49-39)58(54-51-37)27-35(63-4)64-5)52-32-14-8-29(9-15-32)38-46-40(55-18-22-65-23-19-55)36-42(48-38)57(53-50-36)26-34(61-2)62-3/h6-17,34-35,52H,18-27H2,1-5H3,(H,45,60). The van der Waals surface area contributed by atoms with Crippen molar-refractivity contribution in [2.75, 3.05) is 107 Å². The van der Waals surface area contributed by atoms with Gasteiger partial charge in [0, 0.05) is 71.4 Å². The zero-order valence-corrected chi connectivity index (χ0v) is 37.3. The van der Waals surface area contributed by atoms with Gasteiger partial charge in [0.25, 0.3) is 0 Å². The molecular formula is C44H51N15O7. The second kappa shape index (κ2) is 20.1. The number of rotatable bonds is 16. The Morgan fingerprint density at radius 2 is 1.06 bits per heavy atom. The van der Waals surface area contributed by atoms with Crippen molar-refractivity contribution in [3.63, 3.8) is 0 Å². The van der Waals surface area contributed by atoms with Crippen molar-refractivity contribution in [2.24, 2.45) is 0 Å². The first-order valence-electron chi connectivity index (χ1n) is 21.5. The third-order valence-electron chi connectivity index (χ3n) is 11.3. The van der Waals surface area contributed by atoms with Crippen LogP contribution in [0.1, 0.15) is 5.56 Å². The van der Waals surface area contributed by atoms with Gasteiger partial charge in [-0.3, -0.25) is 5.43 Å². The fraction of sp³-hybridized carbons (Fsp3) is 0.386. The van der Waals surface area contributed by atoms with Crippen molar-refractivity contribution in [3.05, 3.63) is 78.4 Å². The molecule has 9 rings (SSSR count). The third-order valence-corrected chi connectivity index (χ3v) is 11.3. The molecule has 0 bridgehead atoms. The quantitative estimate of drug-likeness (QED) is 0.102. The van der Waals surface area contributed by atoms with Gasteiger partial charge in [0.2, 0.25) is 0 Å². The lowest BCUT2D eigenvalue weighted by Gasteiger charge is -2.28. The molecule has 0 atom stereocenters. The number of methoxy groups -OCH3 is 4. The maximum absolute atomic E-state index is 14.2. The highest BCUT2D eigenvalue weighted by Gasteiger charge is 2.26. The van der Waals surface area contributed by atoms with Crippen LogP contribution in [0.4, 0.5) is 33.5 Å². The average molecular weight is 902 g/mol. The van der Waals surface area contributed by atoms with Crippen LogP contribution in [0.25, 0.3) is 45.1 Å². The van der Waals surface area contributed by atoms with Gasteiger partial charge in [-0.1, -0.05) is 28.1 Å². The van der Waals surface area contributed by atoms with Crippen LogP contribution < -0.4 is 25.6 Å². The number of carbonyl (C=O) groups excluding carboxylic acids is 1. The predicted molar refractivity (Wildman–Crippen MR) is 245 cm³/mol. The summed E-state index contributed by atoms with van der Waals surface area (Å²) in [4.78, 5) is 38.3. The van der Waals surface area contributed by atoms with Gasteiger partial charge in [-0.25, -0.2) is 39.1 Å². The second-order valence-electron chi connectivity index (χ2n) is 15.5. The molecule has 2 saturated heterocycles. The van der Waals surface area contributed by atoms with Crippen LogP contribution in [0.5, 0.6) is 0 Å². The number of hydrazine groups is 1. The first kappa shape index (κ1) is 44.3. The van der Waals surface area contributed by atoms with Crippen LogP contribution in [0, 0.1) is 6.92 Å². The molecule has 0 radical (unpaired) electrons. The van der Waals surface area contributed by atoms with E-state index in [1.807, 2.05) is 79.7 Å². The molecule has 2 N–H and O–H groups in total. The van der Waals surface area contributed by atoms with E-state index in [0.717, 1.165) is 11.1 Å². The Hall–Kier alpha value is -6.95. The highest BCUT2D eigenvalue weighted by atomic mass is 16.7. The Balaban J connectivity index is 1.03. The molecule has 6 heterocycles. The Bertz CT molecular complexity index is 2730. The van der Waals surface area contributed by atoms with Crippen molar-refractivity contribution >= 4 is 57.1 Å².